The molecule has 2 aromatic heterocycles. The predicted octanol–water partition coefficient (Wildman–Crippen LogP) is 2.90. The van der Waals surface area contributed by atoms with E-state index < -0.39 is 0 Å². The Morgan fingerprint density at radius 2 is 2.24 bits per heavy atom. The first-order chi connectivity index (χ1) is 12.3. The molecule has 0 aliphatic heterocycles. The fourth-order valence-corrected chi connectivity index (χ4v) is 3.93. The van der Waals surface area contributed by atoms with Gasteiger partial charge in [0, 0.05) is 19.7 Å². The molecular weight excluding hydrogens is 340 g/mol. The Morgan fingerprint density at radius 1 is 1.40 bits per heavy atom. The molecule has 25 heavy (non-hydrogen) atoms. The molecule has 2 heterocycles. The molecule has 1 aliphatic rings. The van der Waals surface area contributed by atoms with Crippen molar-refractivity contribution in [1.29, 1.82) is 0 Å². The van der Waals surface area contributed by atoms with Gasteiger partial charge in [-0.1, -0.05) is 31.0 Å². The Hall–Kier alpha value is -1.80. The average molecular weight is 364 g/mol. The molecule has 0 radical (unpaired) electrons. The summed E-state index contributed by atoms with van der Waals surface area (Å²) in [6.07, 6.45) is 7.56. The summed E-state index contributed by atoms with van der Waals surface area (Å²) < 4.78 is 12.6. The van der Waals surface area contributed by atoms with Gasteiger partial charge in [-0.3, -0.25) is 9.36 Å². The first kappa shape index (κ1) is 18.0. The van der Waals surface area contributed by atoms with Crippen molar-refractivity contribution in [3.63, 3.8) is 0 Å². The van der Waals surface area contributed by atoms with Crippen LogP contribution in [-0.2, 0) is 9.53 Å². The Morgan fingerprint density at radius 3 is 2.96 bits per heavy atom. The minimum Gasteiger partial charge on any atom is -0.461 e. The van der Waals surface area contributed by atoms with Gasteiger partial charge in [0.1, 0.15) is 0 Å². The number of nitrogens with one attached hydrogen (secondary N) is 1. The number of hydrogen-bond donors (Lipinski definition) is 1. The van der Waals surface area contributed by atoms with Crippen LogP contribution in [-0.4, -0.2) is 46.7 Å². The first-order valence-electron chi connectivity index (χ1n) is 8.67. The molecule has 1 aliphatic carbocycles. The maximum atomic E-state index is 12.0. The summed E-state index contributed by atoms with van der Waals surface area (Å²) in [6, 6.07) is 4.11. The van der Waals surface area contributed by atoms with Gasteiger partial charge in [-0.05, 0) is 25.0 Å². The number of hydrogen-bond acceptors (Lipinski definition) is 6. The molecule has 2 aromatic rings. The summed E-state index contributed by atoms with van der Waals surface area (Å²) in [4.78, 5) is 12.0. The van der Waals surface area contributed by atoms with Crippen molar-refractivity contribution in [3.8, 4) is 11.6 Å². The SMILES string of the molecule is COCCNC(=O)CSc1nnc(-c2ccco2)n1C1CCCCC1. The molecule has 0 bridgehead atoms. The maximum absolute atomic E-state index is 12.0. The van der Waals surface area contributed by atoms with Gasteiger partial charge in [0.05, 0.1) is 18.6 Å². The quantitative estimate of drug-likeness (QED) is 0.573. The monoisotopic (exact) mass is 364 g/mol. The van der Waals surface area contributed by atoms with Gasteiger partial charge in [-0.25, -0.2) is 0 Å². The highest BCUT2D eigenvalue weighted by Crippen LogP contribution is 2.35. The van der Waals surface area contributed by atoms with E-state index in [2.05, 4.69) is 20.1 Å². The molecule has 136 valence electrons. The summed E-state index contributed by atoms with van der Waals surface area (Å²) in [5.41, 5.74) is 0. The number of furan rings is 1. The van der Waals surface area contributed by atoms with Crippen LogP contribution < -0.4 is 5.32 Å². The predicted molar refractivity (Wildman–Crippen MR) is 95.5 cm³/mol. The Labute approximate surface area is 151 Å². The van der Waals surface area contributed by atoms with Crippen LogP contribution in [0.2, 0.25) is 0 Å². The second kappa shape index (κ2) is 9.05. The molecule has 0 spiro atoms. The third-order valence-corrected chi connectivity index (χ3v) is 5.25. The van der Waals surface area contributed by atoms with Crippen molar-refractivity contribution in [1.82, 2.24) is 20.1 Å². The zero-order chi connectivity index (χ0) is 17.5. The lowest BCUT2D eigenvalue weighted by atomic mass is 9.95. The molecule has 8 heteroatoms. The van der Waals surface area contributed by atoms with Gasteiger partial charge in [0.25, 0.3) is 0 Å². The lowest BCUT2D eigenvalue weighted by molar-refractivity contribution is -0.118. The lowest BCUT2D eigenvalue weighted by Crippen LogP contribution is -2.28. The zero-order valence-electron chi connectivity index (χ0n) is 14.4. The highest BCUT2D eigenvalue weighted by molar-refractivity contribution is 7.99. The number of carbonyl (C=O) groups excluding carboxylic acids is 1. The van der Waals surface area contributed by atoms with Gasteiger partial charge < -0.3 is 14.5 Å². The summed E-state index contributed by atoms with van der Waals surface area (Å²) in [7, 11) is 1.61. The molecule has 0 saturated heterocycles. The Kier molecular flexibility index (Phi) is 6.52. The van der Waals surface area contributed by atoms with Crippen molar-refractivity contribution in [3.05, 3.63) is 18.4 Å². The number of nitrogens with zero attached hydrogens (tertiary/aromatic N) is 3. The summed E-state index contributed by atoms with van der Waals surface area (Å²) in [5, 5.41) is 12.3. The van der Waals surface area contributed by atoms with E-state index in [0.29, 0.717) is 24.9 Å². The van der Waals surface area contributed by atoms with Gasteiger partial charge in [-0.2, -0.15) is 0 Å². The average Bonchev–Trinajstić information content (AvgIpc) is 3.30. The molecule has 0 atom stereocenters. The number of methoxy groups -OCH3 is 1. The van der Waals surface area contributed by atoms with E-state index in [1.54, 1.807) is 13.4 Å². The van der Waals surface area contributed by atoms with Crippen molar-refractivity contribution >= 4 is 17.7 Å². The van der Waals surface area contributed by atoms with Crippen molar-refractivity contribution in [2.24, 2.45) is 0 Å². The summed E-state index contributed by atoms with van der Waals surface area (Å²) in [5.74, 6) is 1.75. The molecule has 7 nitrogen and oxygen atoms in total. The first-order valence-corrected chi connectivity index (χ1v) is 9.65. The summed E-state index contributed by atoms with van der Waals surface area (Å²) >= 11 is 1.42. The molecular formula is C17H24N4O3S. The molecule has 1 N–H and O–H groups in total. The van der Waals surface area contributed by atoms with E-state index in [4.69, 9.17) is 9.15 Å². The highest BCUT2D eigenvalue weighted by atomic mass is 32.2. The van der Waals surface area contributed by atoms with Crippen LogP contribution in [0.3, 0.4) is 0 Å². The van der Waals surface area contributed by atoms with Gasteiger partial charge >= 0.3 is 0 Å². The molecule has 0 aromatic carbocycles. The van der Waals surface area contributed by atoms with Crippen molar-refractivity contribution < 1.29 is 13.9 Å². The number of carbonyl (C=O) groups is 1. The summed E-state index contributed by atoms with van der Waals surface area (Å²) in [6.45, 7) is 1.03. The number of ether oxygens (including phenoxy) is 1. The van der Waals surface area contributed by atoms with E-state index in [-0.39, 0.29) is 5.91 Å². The molecule has 1 saturated carbocycles. The third kappa shape index (κ3) is 4.64. The third-order valence-electron chi connectivity index (χ3n) is 4.31. The van der Waals surface area contributed by atoms with E-state index in [9.17, 15) is 4.79 Å². The van der Waals surface area contributed by atoms with Crippen LogP contribution in [0.4, 0.5) is 0 Å². The van der Waals surface area contributed by atoms with Crippen LogP contribution in [0.15, 0.2) is 28.0 Å². The molecule has 1 fully saturated rings. The topological polar surface area (TPSA) is 82.2 Å². The van der Waals surface area contributed by atoms with Gasteiger partial charge in [-0.15, -0.1) is 10.2 Å². The molecule has 1 amide bonds. The maximum Gasteiger partial charge on any atom is 0.230 e. The van der Waals surface area contributed by atoms with Crippen LogP contribution in [0, 0.1) is 0 Å². The van der Waals surface area contributed by atoms with E-state index >= 15 is 0 Å². The minimum atomic E-state index is -0.0280. The normalized spacial score (nSPS) is 15.4. The Bertz CT molecular complexity index is 665. The second-order valence-corrected chi connectivity index (χ2v) is 7.02. The van der Waals surface area contributed by atoms with Crippen LogP contribution >= 0.6 is 11.8 Å². The number of aromatic nitrogens is 3. The Balaban J connectivity index is 1.73. The number of rotatable bonds is 8. The van der Waals surface area contributed by atoms with Crippen molar-refractivity contribution in [2.45, 2.75) is 43.3 Å². The van der Waals surface area contributed by atoms with E-state index in [0.717, 1.165) is 29.6 Å². The van der Waals surface area contributed by atoms with Crippen LogP contribution in [0.1, 0.15) is 38.1 Å². The number of thioether (sulfide) groups is 1. The van der Waals surface area contributed by atoms with Crippen molar-refractivity contribution in [2.75, 3.05) is 26.0 Å². The minimum absolute atomic E-state index is 0.0280. The zero-order valence-corrected chi connectivity index (χ0v) is 15.3. The van der Waals surface area contributed by atoms with Gasteiger partial charge in [0.2, 0.25) is 11.7 Å². The standard InChI is InChI=1S/C17H24N4O3S/c1-23-11-9-18-15(22)12-25-17-20-19-16(14-8-5-10-24-14)21(17)13-6-3-2-4-7-13/h5,8,10,13H,2-4,6-7,9,11-12H2,1H3,(H,18,22). The van der Waals surface area contributed by atoms with Crippen LogP contribution in [0.5, 0.6) is 0 Å². The molecule has 0 unspecified atom stereocenters. The van der Waals surface area contributed by atoms with E-state index in [1.165, 1.54) is 31.0 Å². The molecule has 3 rings (SSSR count). The van der Waals surface area contributed by atoms with Gasteiger partial charge in [0.15, 0.2) is 10.9 Å². The van der Waals surface area contributed by atoms with E-state index in [1.807, 2.05) is 12.1 Å². The smallest absolute Gasteiger partial charge is 0.230 e. The number of amides is 1. The lowest BCUT2D eigenvalue weighted by Gasteiger charge is -2.25. The largest absolute Gasteiger partial charge is 0.461 e. The fraction of sp³-hybridized carbons (Fsp3) is 0.588. The van der Waals surface area contributed by atoms with Crippen LogP contribution in [0.25, 0.3) is 11.6 Å². The fourth-order valence-electron chi connectivity index (χ4n) is 3.09. The highest BCUT2D eigenvalue weighted by Gasteiger charge is 2.25. The second-order valence-electron chi connectivity index (χ2n) is 6.08.